The third-order valence-electron chi connectivity index (χ3n) is 5.34. The summed E-state index contributed by atoms with van der Waals surface area (Å²) in [5.74, 6) is -0.141. The normalized spacial score (nSPS) is 15.9. The first-order valence-corrected chi connectivity index (χ1v) is 9.83. The molecule has 1 unspecified atom stereocenters. The zero-order valence-electron chi connectivity index (χ0n) is 16.6. The van der Waals surface area contributed by atoms with Crippen molar-refractivity contribution in [1.29, 1.82) is 0 Å². The average molecular weight is 407 g/mol. The lowest BCUT2D eigenvalue weighted by molar-refractivity contribution is -0.132. The maximum Gasteiger partial charge on any atom is 0.260 e. The Bertz CT molecular complexity index is 1080. The van der Waals surface area contributed by atoms with Gasteiger partial charge in [-0.1, -0.05) is 18.2 Å². The highest BCUT2D eigenvalue weighted by Crippen LogP contribution is 2.29. The third kappa shape index (κ3) is 4.10. The van der Waals surface area contributed by atoms with Gasteiger partial charge >= 0.3 is 0 Å². The van der Waals surface area contributed by atoms with Crippen molar-refractivity contribution in [3.63, 3.8) is 0 Å². The van der Waals surface area contributed by atoms with Gasteiger partial charge in [-0.15, -0.1) is 0 Å². The largest absolute Gasteiger partial charge is 0.484 e. The van der Waals surface area contributed by atoms with Crippen LogP contribution < -0.4 is 10.1 Å². The maximum absolute atomic E-state index is 13.0. The van der Waals surface area contributed by atoms with Crippen molar-refractivity contribution in [2.75, 3.05) is 26.7 Å². The van der Waals surface area contributed by atoms with Gasteiger partial charge in [0.05, 0.1) is 11.1 Å². The van der Waals surface area contributed by atoms with Gasteiger partial charge in [-0.3, -0.25) is 14.6 Å². The van der Waals surface area contributed by atoms with Crippen LogP contribution in [0, 0.1) is 5.82 Å². The first-order chi connectivity index (χ1) is 14.5. The second kappa shape index (κ2) is 8.49. The summed E-state index contributed by atoms with van der Waals surface area (Å²) in [6.07, 6.45) is 0.765. The second-order valence-corrected chi connectivity index (χ2v) is 7.26. The van der Waals surface area contributed by atoms with Crippen LogP contribution >= 0.6 is 0 Å². The Morgan fingerprint density at radius 2 is 1.97 bits per heavy atom. The summed E-state index contributed by atoms with van der Waals surface area (Å²) in [5, 5.41) is 3.49. The van der Waals surface area contributed by atoms with Crippen LogP contribution in [0.5, 0.6) is 5.75 Å². The molecule has 0 bridgehead atoms. The Kier molecular flexibility index (Phi) is 5.61. The van der Waals surface area contributed by atoms with Crippen LogP contribution in [0.1, 0.15) is 28.4 Å². The summed E-state index contributed by atoms with van der Waals surface area (Å²) in [4.78, 5) is 31.4. The van der Waals surface area contributed by atoms with Crippen LogP contribution in [0.25, 0.3) is 10.9 Å². The predicted molar refractivity (Wildman–Crippen MR) is 111 cm³/mol. The van der Waals surface area contributed by atoms with E-state index in [1.807, 2.05) is 30.3 Å². The predicted octanol–water partition coefficient (Wildman–Crippen LogP) is 3.13. The number of nitrogens with one attached hydrogen (secondary N) is 1. The molecule has 1 N–H and O–H groups in total. The molecule has 6 nitrogen and oxygen atoms in total. The number of carbonyl (C=O) groups excluding carboxylic acids is 2. The number of nitrogens with zero attached hydrogens (tertiary/aromatic N) is 2. The number of hydrogen-bond donors (Lipinski definition) is 1. The fourth-order valence-corrected chi connectivity index (χ4v) is 3.72. The van der Waals surface area contributed by atoms with Gasteiger partial charge in [0.25, 0.3) is 11.8 Å². The first kappa shape index (κ1) is 19.8. The van der Waals surface area contributed by atoms with Crippen LogP contribution in [0.2, 0.25) is 0 Å². The fourth-order valence-electron chi connectivity index (χ4n) is 3.72. The summed E-state index contributed by atoms with van der Waals surface area (Å²) < 4.78 is 18.4. The quantitative estimate of drug-likeness (QED) is 0.705. The molecule has 7 heteroatoms. The highest BCUT2D eigenvalue weighted by Gasteiger charge is 2.29. The maximum atomic E-state index is 13.0. The number of pyridine rings is 1. The van der Waals surface area contributed by atoms with Gasteiger partial charge in [0.2, 0.25) is 0 Å². The number of amides is 2. The minimum absolute atomic E-state index is 0.0489. The van der Waals surface area contributed by atoms with E-state index in [0.29, 0.717) is 24.4 Å². The fraction of sp³-hybridized carbons (Fsp3) is 0.261. The van der Waals surface area contributed by atoms with Crippen molar-refractivity contribution >= 4 is 22.7 Å². The molecule has 1 saturated heterocycles. The Labute approximate surface area is 173 Å². The molecule has 1 fully saturated rings. The van der Waals surface area contributed by atoms with E-state index in [0.717, 1.165) is 23.0 Å². The summed E-state index contributed by atoms with van der Waals surface area (Å²) in [5.41, 5.74) is 2.16. The van der Waals surface area contributed by atoms with Crippen LogP contribution in [0.4, 0.5) is 4.39 Å². The molecule has 154 valence electrons. The van der Waals surface area contributed by atoms with Gasteiger partial charge in [0.1, 0.15) is 11.6 Å². The number of hydrogen-bond acceptors (Lipinski definition) is 4. The van der Waals surface area contributed by atoms with E-state index in [2.05, 4.69) is 5.32 Å². The third-order valence-corrected chi connectivity index (χ3v) is 5.34. The number of para-hydroxylation sites is 1. The number of carbonyl (C=O) groups is 2. The number of fused-ring (bicyclic) bond motifs is 1. The minimum atomic E-state index is -0.352. The average Bonchev–Trinajstić information content (AvgIpc) is 3.27. The number of likely N-dealkylation sites (tertiary alicyclic amines) is 1. The SMILES string of the molecule is CNC(=O)c1cc(C2CCN(C(=O)COc3ccc(F)cc3)C2)nc2ccccc12. The summed E-state index contributed by atoms with van der Waals surface area (Å²) >= 11 is 0. The lowest BCUT2D eigenvalue weighted by atomic mass is 9.99. The number of ether oxygens (including phenoxy) is 1. The molecule has 2 aromatic carbocycles. The Balaban J connectivity index is 1.47. The van der Waals surface area contributed by atoms with Crippen molar-refractivity contribution in [3.05, 3.63) is 71.7 Å². The van der Waals surface area contributed by atoms with Crippen LogP contribution in [0.15, 0.2) is 54.6 Å². The Morgan fingerprint density at radius 1 is 1.20 bits per heavy atom. The summed E-state index contributed by atoms with van der Waals surface area (Å²) in [7, 11) is 1.61. The number of halogens is 1. The molecule has 0 spiro atoms. The molecular formula is C23H22FN3O3. The van der Waals surface area contributed by atoms with Gasteiger partial charge < -0.3 is 15.0 Å². The van der Waals surface area contributed by atoms with Crippen molar-refractivity contribution < 1.29 is 18.7 Å². The first-order valence-electron chi connectivity index (χ1n) is 9.83. The molecular weight excluding hydrogens is 385 g/mol. The standard InChI is InChI=1S/C23H22FN3O3/c1-25-23(29)19-12-21(26-20-5-3-2-4-18(19)20)15-10-11-27(13-15)22(28)14-30-17-8-6-16(24)7-9-17/h2-9,12,15H,10-11,13-14H2,1H3,(H,25,29). The van der Waals surface area contributed by atoms with E-state index in [4.69, 9.17) is 9.72 Å². The monoisotopic (exact) mass is 407 g/mol. The zero-order chi connectivity index (χ0) is 21.1. The number of aromatic nitrogens is 1. The minimum Gasteiger partial charge on any atom is -0.484 e. The molecule has 4 rings (SSSR count). The summed E-state index contributed by atoms with van der Waals surface area (Å²) in [6.45, 7) is 1.01. The van der Waals surface area contributed by atoms with Gasteiger partial charge in [-0.05, 0) is 42.8 Å². The van der Waals surface area contributed by atoms with Gasteiger partial charge in [-0.2, -0.15) is 0 Å². The molecule has 1 aromatic heterocycles. The molecule has 1 aliphatic rings. The lowest BCUT2D eigenvalue weighted by Gasteiger charge is -2.17. The van der Waals surface area contributed by atoms with E-state index >= 15 is 0 Å². The topological polar surface area (TPSA) is 71.5 Å². The molecule has 0 aliphatic carbocycles. The smallest absolute Gasteiger partial charge is 0.260 e. The highest BCUT2D eigenvalue weighted by atomic mass is 19.1. The molecule has 30 heavy (non-hydrogen) atoms. The van der Waals surface area contributed by atoms with Crippen LogP contribution in [-0.2, 0) is 4.79 Å². The van der Waals surface area contributed by atoms with Crippen molar-refractivity contribution in [2.45, 2.75) is 12.3 Å². The van der Waals surface area contributed by atoms with E-state index in [-0.39, 0.29) is 30.2 Å². The number of benzene rings is 2. The van der Waals surface area contributed by atoms with E-state index in [9.17, 15) is 14.0 Å². The molecule has 1 aliphatic heterocycles. The Hall–Kier alpha value is -3.48. The van der Waals surface area contributed by atoms with Crippen LogP contribution in [-0.4, -0.2) is 48.4 Å². The van der Waals surface area contributed by atoms with Gasteiger partial charge in [0.15, 0.2) is 6.61 Å². The van der Waals surface area contributed by atoms with E-state index in [1.54, 1.807) is 11.9 Å². The Morgan fingerprint density at radius 3 is 2.73 bits per heavy atom. The molecule has 2 heterocycles. The van der Waals surface area contributed by atoms with E-state index < -0.39 is 0 Å². The number of rotatable bonds is 5. The van der Waals surface area contributed by atoms with Crippen LogP contribution in [0.3, 0.4) is 0 Å². The van der Waals surface area contributed by atoms with Gasteiger partial charge in [0, 0.05) is 37.1 Å². The van der Waals surface area contributed by atoms with E-state index in [1.165, 1.54) is 24.3 Å². The van der Waals surface area contributed by atoms with Gasteiger partial charge in [-0.25, -0.2) is 4.39 Å². The molecule has 3 aromatic rings. The molecule has 2 amide bonds. The van der Waals surface area contributed by atoms with Crippen molar-refractivity contribution in [3.8, 4) is 5.75 Å². The van der Waals surface area contributed by atoms with Crippen molar-refractivity contribution in [1.82, 2.24) is 15.2 Å². The molecule has 1 atom stereocenters. The lowest BCUT2D eigenvalue weighted by Crippen LogP contribution is -2.33. The molecule has 0 saturated carbocycles. The van der Waals surface area contributed by atoms with Crippen molar-refractivity contribution in [2.24, 2.45) is 0 Å². The molecule has 0 radical (unpaired) electrons. The second-order valence-electron chi connectivity index (χ2n) is 7.26. The summed E-state index contributed by atoms with van der Waals surface area (Å²) in [6, 6.07) is 14.9. The highest BCUT2D eigenvalue weighted by molar-refractivity contribution is 6.06. The zero-order valence-corrected chi connectivity index (χ0v) is 16.6.